The SMILES string of the molecule is CC[C@H]1O[C@@H](OCCCCC(=O)NCCCCCCO[C@@H]2C(OC(=O)CCC(C)=O)[C@H](n3cc(C)c(=O)[nH]c3=O)O[C@@H]2CC)[C@H](NC(C)=O)[C@@H](C)[C@H]1C. The second-order valence-corrected chi connectivity index (χ2v) is 14.4. The van der Waals surface area contributed by atoms with Gasteiger partial charge in [0.1, 0.15) is 11.9 Å². The summed E-state index contributed by atoms with van der Waals surface area (Å²) in [6.07, 6.45) is 4.18. The molecule has 3 heterocycles. The van der Waals surface area contributed by atoms with Crippen LogP contribution in [-0.2, 0) is 42.9 Å². The Kier molecular flexibility index (Phi) is 18.3. The van der Waals surface area contributed by atoms with Crippen LogP contribution in [0.2, 0.25) is 0 Å². The summed E-state index contributed by atoms with van der Waals surface area (Å²) < 4.78 is 31.6. The van der Waals surface area contributed by atoms with Crippen LogP contribution < -0.4 is 21.9 Å². The monoisotopic (exact) mass is 750 g/mol. The van der Waals surface area contributed by atoms with Crippen molar-refractivity contribution < 1.29 is 42.9 Å². The lowest BCUT2D eigenvalue weighted by Gasteiger charge is -2.44. The number of ketones is 1. The van der Waals surface area contributed by atoms with Crippen LogP contribution >= 0.6 is 0 Å². The molecule has 1 unspecified atom stereocenters. The van der Waals surface area contributed by atoms with Gasteiger partial charge in [-0.3, -0.25) is 28.7 Å². The molecule has 15 nitrogen and oxygen atoms in total. The molecule has 0 aliphatic carbocycles. The number of esters is 1. The molecule has 0 saturated carbocycles. The largest absolute Gasteiger partial charge is 0.455 e. The number of aromatic amines is 1. The van der Waals surface area contributed by atoms with Crippen LogP contribution in [0.5, 0.6) is 0 Å². The first-order valence-corrected chi connectivity index (χ1v) is 19.4. The summed E-state index contributed by atoms with van der Waals surface area (Å²) in [5.74, 6) is -0.352. The van der Waals surface area contributed by atoms with Crippen LogP contribution in [-0.4, -0.2) is 89.6 Å². The summed E-state index contributed by atoms with van der Waals surface area (Å²) in [5.41, 5.74) is -0.907. The van der Waals surface area contributed by atoms with E-state index in [-0.39, 0.29) is 48.5 Å². The van der Waals surface area contributed by atoms with E-state index in [1.54, 1.807) is 6.92 Å². The molecule has 2 fully saturated rings. The number of carbonyl (C=O) groups is 4. The molecule has 0 aromatic carbocycles. The highest BCUT2D eigenvalue weighted by atomic mass is 16.7. The lowest BCUT2D eigenvalue weighted by Crippen LogP contribution is -2.57. The molecule has 300 valence electrons. The maximum atomic E-state index is 12.7. The average Bonchev–Trinajstić information content (AvgIpc) is 3.45. The molecule has 0 bridgehead atoms. The van der Waals surface area contributed by atoms with Crippen LogP contribution in [0.4, 0.5) is 0 Å². The van der Waals surface area contributed by atoms with E-state index in [0.29, 0.717) is 56.9 Å². The third-order valence-corrected chi connectivity index (χ3v) is 10.2. The fraction of sp³-hybridized carbons (Fsp3) is 0.789. The van der Waals surface area contributed by atoms with Gasteiger partial charge in [-0.15, -0.1) is 0 Å². The first-order chi connectivity index (χ1) is 25.3. The Balaban J connectivity index is 1.37. The standard InChI is InChI=1S/C38H62N4O11/c1-8-28-25(5)26(6)32(40-27(7)44)37(52-28)50-21-15-12-16-30(45)39-19-13-10-11-14-20-49-33-29(9-2)51-36(34(33)53-31(46)18-17-24(4)43)42-22-23(3)35(47)41-38(42)48/h22,25-26,28-29,32-34,36-37H,8-21H2,1-7H3,(H,39,45)(H,40,44)(H,41,47,48)/t25-,26+,28-,29-,32-,33+,34?,36-,37-/m1/s1. The molecule has 0 radical (unpaired) electrons. The minimum absolute atomic E-state index is 0.00561. The fourth-order valence-corrected chi connectivity index (χ4v) is 6.89. The number of hydrogen-bond donors (Lipinski definition) is 3. The molecule has 15 heteroatoms. The van der Waals surface area contributed by atoms with E-state index in [4.69, 9.17) is 23.7 Å². The van der Waals surface area contributed by atoms with E-state index >= 15 is 0 Å². The average molecular weight is 751 g/mol. The third kappa shape index (κ3) is 13.4. The maximum absolute atomic E-state index is 12.7. The van der Waals surface area contributed by atoms with Crippen LogP contribution in [0, 0.1) is 18.8 Å². The number of carbonyl (C=O) groups excluding carboxylic acids is 4. The van der Waals surface area contributed by atoms with Crippen molar-refractivity contribution in [2.75, 3.05) is 19.8 Å². The Morgan fingerprint density at radius 3 is 2.19 bits per heavy atom. The number of aryl methyl sites for hydroxylation is 1. The number of rotatable bonds is 22. The van der Waals surface area contributed by atoms with Crippen molar-refractivity contribution in [1.82, 2.24) is 20.2 Å². The number of H-pyrrole nitrogens is 1. The van der Waals surface area contributed by atoms with E-state index in [1.165, 1.54) is 24.6 Å². The van der Waals surface area contributed by atoms with Crippen molar-refractivity contribution >= 4 is 23.6 Å². The zero-order valence-corrected chi connectivity index (χ0v) is 32.6. The summed E-state index contributed by atoms with van der Waals surface area (Å²) in [5, 5.41) is 5.97. The van der Waals surface area contributed by atoms with Crippen LogP contribution in [0.1, 0.15) is 124 Å². The molecule has 0 spiro atoms. The van der Waals surface area contributed by atoms with Gasteiger partial charge in [-0.25, -0.2) is 4.79 Å². The Morgan fingerprint density at radius 1 is 0.830 bits per heavy atom. The molecule has 3 N–H and O–H groups in total. The smallest absolute Gasteiger partial charge is 0.330 e. The molecule has 2 aliphatic rings. The van der Waals surface area contributed by atoms with Crippen molar-refractivity contribution in [1.29, 1.82) is 0 Å². The van der Waals surface area contributed by atoms with E-state index in [2.05, 4.69) is 36.4 Å². The molecular formula is C38H62N4O11. The quantitative estimate of drug-likeness (QED) is 0.116. The van der Waals surface area contributed by atoms with Gasteiger partial charge in [0, 0.05) is 51.3 Å². The van der Waals surface area contributed by atoms with E-state index in [0.717, 1.165) is 32.1 Å². The van der Waals surface area contributed by atoms with Gasteiger partial charge in [-0.2, -0.15) is 0 Å². The zero-order chi connectivity index (χ0) is 39.1. The lowest BCUT2D eigenvalue weighted by molar-refractivity contribution is -0.236. The Hall–Kier alpha value is -3.40. The van der Waals surface area contributed by atoms with Crippen molar-refractivity contribution in [3.8, 4) is 0 Å². The van der Waals surface area contributed by atoms with Crippen molar-refractivity contribution in [2.45, 2.75) is 162 Å². The van der Waals surface area contributed by atoms with Gasteiger partial charge in [0.15, 0.2) is 18.6 Å². The molecule has 2 aliphatic heterocycles. The van der Waals surface area contributed by atoms with Crippen LogP contribution in [0.3, 0.4) is 0 Å². The molecule has 2 amide bonds. The topological polar surface area (TPSA) is 193 Å². The Labute approximate surface area is 312 Å². The van der Waals surface area contributed by atoms with Gasteiger partial charge in [-0.1, -0.05) is 40.5 Å². The minimum atomic E-state index is -1.01. The summed E-state index contributed by atoms with van der Waals surface area (Å²) in [4.78, 5) is 75.3. The number of aromatic nitrogens is 2. The minimum Gasteiger partial charge on any atom is -0.455 e. The normalized spacial score (nSPS) is 27.0. The second kappa shape index (κ2) is 22.1. The van der Waals surface area contributed by atoms with Gasteiger partial charge in [-0.05, 0) is 64.2 Å². The first-order valence-electron chi connectivity index (χ1n) is 19.4. The molecule has 1 aromatic heterocycles. The number of hydrogen-bond acceptors (Lipinski definition) is 11. The van der Waals surface area contributed by atoms with E-state index in [1.807, 2.05) is 6.92 Å². The van der Waals surface area contributed by atoms with Gasteiger partial charge < -0.3 is 39.1 Å². The summed E-state index contributed by atoms with van der Waals surface area (Å²) >= 11 is 0. The van der Waals surface area contributed by atoms with Gasteiger partial charge in [0.05, 0.1) is 24.7 Å². The number of amides is 2. The molecule has 3 rings (SSSR count). The maximum Gasteiger partial charge on any atom is 0.330 e. The lowest BCUT2D eigenvalue weighted by atomic mass is 9.81. The highest BCUT2D eigenvalue weighted by molar-refractivity contribution is 5.81. The zero-order valence-electron chi connectivity index (χ0n) is 32.6. The Bertz CT molecular complexity index is 1460. The number of Topliss-reactive ketones (excluding diaryl/α,β-unsaturated/α-hetero) is 1. The number of nitrogens with zero attached hydrogens (tertiary/aromatic N) is 1. The fourth-order valence-electron chi connectivity index (χ4n) is 6.89. The number of nitrogens with one attached hydrogen (secondary N) is 3. The predicted molar refractivity (Wildman–Crippen MR) is 196 cm³/mol. The summed E-state index contributed by atoms with van der Waals surface area (Å²) in [7, 11) is 0. The number of ether oxygens (including phenoxy) is 5. The highest BCUT2D eigenvalue weighted by Gasteiger charge is 2.48. The third-order valence-electron chi connectivity index (χ3n) is 10.2. The molecule has 9 atom stereocenters. The van der Waals surface area contributed by atoms with Crippen molar-refractivity contribution in [2.24, 2.45) is 11.8 Å². The molecule has 53 heavy (non-hydrogen) atoms. The highest BCUT2D eigenvalue weighted by Crippen LogP contribution is 2.35. The number of unbranched alkanes of at least 4 members (excludes halogenated alkanes) is 4. The van der Waals surface area contributed by atoms with Crippen LogP contribution in [0.15, 0.2) is 15.8 Å². The van der Waals surface area contributed by atoms with Crippen LogP contribution in [0.25, 0.3) is 0 Å². The predicted octanol–water partition coefficient (Wildman–Crippen LogP) is 3.59. The van der Waals surface area contributed by atoms with Gasteiger partial charge in [0.2, 0.25) is 11.8 Å². The molecule has 2 saturated heterocycles. The van der Waals surface area contributed by atoms with Crippen molar-refractivity contribution in [3.63, 3.8) is 0 Å². The van der Waals surface area contributed by atoms with Crippen molar-refractivity contribution in [3.05, 3.63) is 32.6 Å². The van der Waals surface area contributed by atoms with Gasteiger partial charge in [0.25, 0.3) is 5.56 Å². The molecule has 1 aromatic rings. The second-order valence-electron chi connectivity index (χ2n) is 14.4. The first kappa shape index (κ1) is 44.0. The Morgan fingerprint density at radius 2 is 1.51 bits per heavy atom. The summed E-state index contributed by atoms with van der Waals surface area (Å²) in [6, 6.07) is -0.214. The van der Waals surface area contributed by atoms with E-state index < -0.39 is 48.0 Å². The van der Waals surface area contributed by atoms with E-state index in [9.17, 15) is 28.8 Å². The summed E-state index contributed by atoms with van der Waals surface area (Å²) in [6.45, 7) is 14.1. The molecular weight excluding hydrogens is 688 g/mol. The van der Waals surface area contributed by atoms with Gasteiger partial charge >= 0.3 is 11.7 Å².